The summed E-state index contributed by atoms with van der Waals surface area (Å²) in [4.78, 5) is 24.5. The Hall–Kier alpha value is -2.42. The third kappa shape index (κ3) is 2.80. The fourth-order valence-electron chi connectivity index (χ4n) is 3.01. The van der Waals surface area contributed by atoms with Crippen LogP contribution in [0.5, 0.6) is 5.75 Å². The van der Waals surface area contributed by atoms with Crippen LogP contribution in [0.3, 0.4) is 0 Å². The number of fused-ring (bicyclic) bond motifs is 1. The Balaban J connectivity index is 1.54. The van der Waals surface area contributed by atoms with Crippen LogP contribution >= 0.6 is 0 Å². The van der Waals surface area contributed by atoms with Crippen molar-refractivity contribution >= 4 is 11.6 Å². The van der Waals surface area contributed by atoms with Crippen molar-refractivity contribution in [2.45, 2.75) is 25.7 Å². The summed E-state index contributed by atoms with van der Waals surface area (Å²) in [7, 11) is 0. The lowest BCUT2D eigenvalue weighted by Crippen LogP contribution is -2.14. The molecule has 0 unspecified atom stereocenters. The second-order valence-corrected chi connectivity index (χ2v) is 5.74. The van der Waals surface area contributed by atoms with Gasteiger partial charge in [-0.1, -0.05) is 42.8 Å². The van der Waals surface area contributed by atoms with Crippen LogP contribution in [0.15, 0.2) is 48.5 Å². The minimum Gasteiger partial charge on any atom is -0.508 e. The van der Waals surface area contributed by atoms with Crippen LogP contribution in [0, 0.1) is 5.92 Å². The van der Waals surface area contributed by atoms with Crippen LogP contribution in [0.25, 0.3) is 0 Å². The number of Topliss-reactive ketones (excluding diaryl/α,β-unsaturated/α-hetero) is 2. The molecule has 0 heterocycles. The largest absolute Gasteiger partial charge is 0.508 e. The SMILES string of the molecule is O=C1c2ccccc2C(=O)C1CCCCc1ccc(O)cc1. The van der Waals surface area contributed by atoms with Crippen LogP contribution < -0.4 is 0 Å². The first-order chi connectivity index (χ1) is 10.7. The Morgan fingerprint density at radius 2 is 1.41 bits per heavy atom. The van der Waals surface area contributed by atoms with Gasteiger partial charge in [0.2, 0.25) is 0 Å². The van der Waals surface area contributed by atoms with Crippen molar-refractivity contribution in [3.8, 4) is 5.75 Å². The number of hydrogen-bond donors (Lipinski definition) is 1. The molecule has 0 saturated heterocycles. The molecule has 22 heavy (non-hydrogen) atoms. The topological polar surface area (TPSA) is 54.4 Å². The molecule has 3 nitrogen and oxygen atoms in total. The van der Waals surface area contributed by atoms with Crippen molar-refractivity contribution in [3.05, 3.63) is 65.2 Å². The second kappa shape index (κ2) is 6.14. The van der Waals surface area contributed by atoms with Crippen LogP contribution in [-0.4, -0.2) is 16.7 Å². The summed E-state index contributed by atoms with van der Waals surface area (Å²) in [6, 6.07) is 14.2. The Morgan fingerprint density at radius 3 is 2.00 bits per heavy atom. The average Bonchev–Trinajstić information content (AvgIpc) is 2.78. The highest BCUT2D eigenvalue weighted by Gasteiger charge is 2.37. The van der Waals surface area contributed by atoms with E-state index < -0.39 is 5.92 Å². The summed E-state index contributed by atoms with van der Waals surface area (Å²) in [5, 5.41) is 9.24. The number of aryl methyl sites for hydroxylation is 1. The molecule has 0 amide bonds. The highest BCUT2D eigenvalue weighted by molar-refractivity contribution is 6.26. The molecule has 2 aromatic rings. The van der Waals surface area contributed by atoms with E-state index in [1.807, 2.05) is 12.1 Å². The lowest BCUT2D eigenvalue weighted by Gasteiger charge is -2.07. The summed E-state index contributed by atoms with van der Waals surface area (Å²) in [5.41, 5.74) is 2.32. The summed E-state index contributed by atoms with van der Waals surface area (Å²) in [6.45, 7) is 0. The van der Waals surface area contributed by atoms with E-state index in [2.05, 4.69) is 0 Å². The standard InChI is InChI=1S/C19H18O3/c20-14-11-9-13(10-12-14)5-1-2-8-17-18(21)15-6-3-4-7-16(15)19(17)22/h3-4,6-7,9-12,17,20H,1-2,5,8H2. The first-order valence-electron chi connectivity index (χ1n) is 7.62. The quantitative estimate of drug-likeness (QED) is 0.674. The molecule has 2 aromatic carbocycles. The van der Waals surface area contributed by atoms with Gasteiger partial charge in [0.25, 0.3) is 0 Å². The molecule has 0 aliphatic heterocycles. The number of unbranched alkanes of at least 4 members (excludes halogenated alkanes) is 1. The summed E-state index contributed by atoms with van der Waals surface area (Å²) < 4.78 is 0. The Kier molecular flexibility index (Phi) is 4.05. The monoisotopic (exact) mass is 294 g/mol. The lowest BCUT2D eigenvalue weighted by atomic mass is 9.95. The van der Waals surface area contributed by atoms with Gasteiger partial charge >= 0.3 is 0 Å². The van der Waals surface area contributed by atoms with Gasteiger partial charge in [0, 0.05) is 11.1 Å². The van der Waals surface area contributed by atoms with E-state index in [-0.39, 0.29) is 17.3 Å². The zero-order valence-corrected chi connectivity index (χ0v) is 12.3. The molecule has 112 valence electrons. The highest BCUT2D eigenvalue weighted by Crippen LogP contribution is 2.30. The maximum atomic E-state index is 12.3. The minimum absolute atomic E-state index is 0.0229. The smallest absolute Gasteiger partial charge is 0.174 e. The molecule has 3 heteroatoms. The predicted molar refractivity (Wildman–Crippen MR) is 84.3 cm³/mol. The number of phenols is 1. The molecule has 0 radical (unpaired) electrons. The fourth-order valence-corrected chi connectivity index (χ4v) is 3.01. The number of hydrogen-bond acceptors (Lipinski definition) is 3. The van der Waals surface area contributed by atoms with Gasteiger partial charge in [-0.15, -0.1) is 0 Å². The van der Waals surface area contributed by atoms with E-state index in [0.29, 0.717) is 17.5 Å². The normalized spacial score (nSPS) is 14.4. The van der Waals surface area contributed by atoms with Crippen molar-refractivity contribution in [2.24, 2.45) is 5.92 Å². The van der Waals surface area contributed by atoms with E-state index in [1.165, 1.54) is 0 Å². The van der Waals surface area contributed by atoms with Crippen molar-refractivity contribution in [1.29, 1.82) is 0 Å². The third-order valence-corrected chi connectivity index (χ3v) is 4.24. The maximum Gasteiger partial charge on any atom is 0.174 e. The van der Waals surface area contributed by atoms with Crippen LogP contribution in [0.1, 0.15) is 45.5 Å². The van der Waals surface area contributed by atoms with Gasteiger partial charge in [0.15, 0.2) is 11.6 Å². The average molecular weight is 294 g/mol. The van der Waals surface area contributed by atoms with E-state index in [1.54, 1.807) is 36.4 Å². The molecule has 0 bridgehead atoms. The Labute approximate surface area is 129 Å². The second-order valence-electron chi connectivity index (χ2n) is 5.74. The number of ketones is 2. The summed E-state index contributed by atoms with van der Waals surface area (Å²) >= 11 is 0. The molecule has 0 fully saturated rings. The van der Waals surface area contributed by atoms with Gasteiger partial charge in [0.1, 0.15) is 5.75 Å². The highest BCUT2D eigenvalue weighted by atomic mass is 16.3. The molecular weight excluding hydrogens is 276 g/mol. The fraction of sp³-hybridized carbons (Fsp3) is 0.263. The zero-order valence-electron chi connectivity index (χ0n) is 12.3. The van der Waals surface area contributed by atoms with Crippen molar-refractivity contribution in [3.63, 3.8) is 0 Å². The molecular formula is C19H18O3. The number of benzene rings is 2. The predicted octanol–water partition coefficient (Wildman–Crippen LogP) is 3.80. The van der Waals surface area contributed by atoms with Crippen molar-refractivity contribution < 1.29 is 14.7 Å². The van der Waals surface area contributed by atoms with Crippen LogP contribution in [0.2, 0.25) is 0 Å². The van der Waals surface area contributed by atoms with Gasteiger partial charge in [-0.05, 0) is 37.0 Å². The van der Waals surface area contributed by atoms with Gasteiger partial charge in [-0.2, -0.15) is 0 Å². The van der Waals surface area contributed by atoms with Gasteiger partial charge in [-0.3, -0.25) is 9.59 Å². The van der Waals surface area contributed by atoms with Gasteiger partial charge in [-0.25, -0.2) is 0 Å². The van der Waals surface area contributed by atoms with Crippen LogP contribution in [-0.2, 0) is 6.42 Å². The number of carbonyl (C=O) groups excluding carboxylic acids is 2. The van der Waals surface area contributed by atoms with Crippen molar-refractivity contribution in [1.82, 2.24) is 0 Å². The molecule has 3 rings (SSSR count). The molecule has 0 saturated carbocycles. The van der Waals surface area contributed by atoms with Crippen molar-refractivity contribution in [2.75, 3.05) is 0 Å². The number of aromatic hydroxyl groups is 1. The molecule has 1 aliphatic rings. The van der Waals surface area contributed by atoms with Crippen LogP contribution in [0.4, 0.5) is 0 Å². The maximum absolute atomic E-state index is 12.3. The summed E-state index contributed by atoms with van der Waals surface area (Å²) in [5.74, 6) is -0.267. The summed E-state index contributed by atoms with van der Waals surface area (Å²) in [6.07, 6.45) is 3.28. The molecule has 1 N–H and O–H groups in total. The number of carbonyl (C=O) groups is 2. The molecule has 0 atom stereocenters. The third-order valence-electron chi connectivity index (χ3n) is 4.24. The molecule has 0 spiro atoms. The van der Waals surface area contributed by atoms with E-state index in [0.717, 1.165) is 24.8 Å². The zero-order chi connectivity index (χ0) is 15.5. The van der Waals surface area contributed by atoms with E-state index >= 15 is 0 Å². The molecule has 0 aromatic heterocycles. The first kappa shape index (κ1) is 14.5. The first-order valence-corrected chi connectivity index (χ1v) is 7.62. The minimum atomic E-state index is -0.489. The Bertz CT molecular complexity index is 666. The van der Waals surface area contributed by atoms with Gasteiger partial charge in [0.05, 0.1) is 5.92 Å². The van der Waals surface area contributed by atoms with E-state index in [9.17, 15) is 14.7 Å². The number of phenolic OH excluding ortho intramolecular Hbond substituents is 1. The van der Waals surface area contributed by atoms with Gasteiger partial charge < -0.3 is 5.11 Å². The number of rotatable bonds is 5. The lowest BCUT2D eigenvalue weighted by molar-refractivity contribution is 0.0829. The Morgan fingerprint density at radius 1 is 0.818 bits per heavy atom. The molecule has 1 aliphatic carbocycles. The van der Waals surface area contributed by atoms with E-state index in [4.69, 9.17) is 0 Å².